The Labute approximate surface area is 101 Å². The van der Waals surface area contributed by atoms with Crippen LogP contribution >= 0.6 is 11.8 Å². The van der Waals surface area contributed by atoms with Crippen molar-refractivity contribution in [3.63, 3.8) is 0 Å². The van der Waals surface area contributed by atoms with Gasteiger partial charge in [-0.25, -0.2) is 5.84 Å². The third kappa shape index (κ3) is 4.24. The molecule has 0 aliphatic heterocycles. The molecule has 0 radical (unpaired) electrons. The van der Waals surface area contributed by atoms with Crippen LogP contribution in [-0.4, -0.2) is 11.7 Å². The van der Waals surface area contributed by atoms with Gasteiger partial charge in [0.1, 0.15) is 0 Å². The number of thioether (sulfide) groups is 1. The molecule has 0 unspecified atom stereocenters. The first-order valence-corrected chi connectivity index (χ1v) is 6.57. The molecule has 3 nitrogen and oxygen atoms in total. The number of hydrazine groups is 1. The van der Waals surface area contributed by atoms with Gasteiger partial charge in [0.25, 0.3) is 0 Å². The summed E-state index contributed by atoms with van der Waals surface area (Å²) < 4.78 is 0. The molecule has 0 saturated carbocycles. The number of nitrogens with one attached hydrogen (secondary N) is 1. The number of benzene rings is 1. The molecule has 0 saturated heterocycles. The fourth-order valence-corrected chi connectivity index (χ4v) is 2.36. The van der Waals surface area contributed by atoms with Crippen LogP contribution in [-0.2, 0) is 17.0 Å². The van der Waals surface area contributed by atoms with E-state index in [2.05, 4.69) is 18.4 Å². The molecule has 1 amide bonds. The topological polar surface area (TPSA) is 55.1 Å². The van der Waals surface area contributed by atoms with E-state index in [1.165, 1.54) is 12.0 Å². The summed E-state index contributed by atoms with van der Waals surface area (Å²) in [5.41, 5.74) is 4.45. The molecule has 4 heteroatoms. The molecule has 1 aromatic carbocycles. The number of carbonyl (C=O) groups is 1. The Kier molecular flexibility index (Phi) is 5.96. The fraction of sp³-hybridized carbons (Fsp3) is 0.417. The number of amides is 1. The quantitative estimate of drug-likeness (QED) is 0.344. The normalized spacial score (nSPS) is 10.1. The molecule has 0 aromatic heterocycles. The first kappa shape index (κ1) is 13.1. The van der Waals surface area contributed by atoms with Crippen LogP contribution in [0, 0.1) is 0 Å². The zero-order chi connectivity index (χ0) is 11.8. The first-order valence-electron chi connectivity index (χ1n) is 5.42. The molecule has 1 rings (SSSR count). The van der Waals surface area contributed by atoms with Crippen molar-refractivity contribution in [2.45, 2.75) is 25.5 Å². The average molecular weight is 238 g/mol. The summed E-state index contributed by atoms with van der Waals surface area (Å²) in [6, 6.07) is 8.01. The van der Waals surface area contributed by atoms with Crippen LogP contribution < -0.4 is 11.3 Å². The smallest absolute Gasteiger partial charge is 0.238 e. The minimum atomic E-state index is -0.145. The molecule has 0 fully saturated rings. The van der Waals surface area contributed by atoms with E-state index in [1.54, 1.807) is 0 Å². The fourth-order valence-electron chi connectivity index (χ4n) is 1.42. The van der Waals surface area contributed by atoms with Crippen molar-refractivity contribution in [1.29, 1.82) is 0 Å². The Morgan fingerprint density at radius 1 is 1.38 bits per heavy atom. The van der Waals surface area contributed by atoms with Gasteiger partial charge >= 0.3 is 0 Å². The molecule has 0 heterocycles. The summed E-state index contributed by atoms with van der Waals surface area (Å²) in [6.07, 6.45) is 1.54. The monoisotopic (exact) mass is 238 g/mol. The van der Waals surface area contributed by atoms with Gasteiger partial charge in [0.05, 0.1) is 6.42 Å². The van der Waals surface area contributed by atoms with Crippen molar-refractivity contribution in [3.05, 3.63) is 35.4 Å². The second-order valence-corrected chi connectivity index (χ2v) is 4.67. The van der Waals surface area contributed by atoms with Gasteiger partial charge in [-0.05, 0) is 23.3 Å². The molecular weight excluding hydrogens is 220 g/mol. The number of hydrogen-bond acceptors (Lipinski definition) is 3. The lowest BCUT2D eigenvalue weighted by atomic mass is 10.1. The molecule has 88 valence electrons. The standard InChI is InChI=1S/C12H18N2OS/c1-2-7-16-9-11-6-4-3-5-10(11)8-12(15)14-13/h3-6H,2,7-9,13H2,1H3,(H,14,15). The van der Waals surface area contributed by atoms with Crippen LogP contribution in [0.3, 0.4) is 0 Å². The maximum absolute atomic E-state index is 11.2. The van der Waals surface area contributed by atoms with Gasteiger partial charge in [0, 0.05) is 5.75 Å². The molecule has 0 aliphatic carbocycles. The molecule has 0 atom stereocenters. The van der Waals surface area contributed by atoms with E-state index in [-0.39, 0.29) is 5.91 Å². The van der Waals surface area contributed by atoms with E-state index < -0.39 is 0 Å². The van der Waals surface area contributed by atoms with Crippen molar-refractivity contribution in [2.24, 2.45) is 5.84 Å². The van der Waals surface area contributed by atoms with Gasteiger partial charge in [0.2, 0.25) is 5.91 Å². The van der Waals surface area contributed by atoms with Gasteiger partial charge < -0.3 is 0 Å². The van der Waals surface area contributed by atoms with E-state index in [0.29, 0.717) is 6.42 Å². The zero-order valence-corrected chi connectivity index (χ0v) is 10.3. The highest BCUT2D eigenvalue weighted by Gasteiger charge is 2.06. The molecule has 16 heavy (non-hydrogen) atoms. The van der Waals surface area contributed by atoms with Crippen molar-refractivity contribution in [1.82, 2.24) is 5.43 Å². The number of rotatable bonds is 6. The van der Waals surface area contributed by atoms with Gasteiger partial charge in [-0.3, -0.25) is 10.2 Å². The van der Waals surface area contributed by atoms with E-state index in [9.17, 15) is 4.79 Å². The van der Waals surface area contributed by atoms with Gasteiger partial charge in [-0.2, -0.15) is 11.8 Å². The zero-order valence-electron chi connectivity index (χ0n) is 9.53. The molecule has 1 aromatic rings. The van der Waals surface area contributed by atoms with Crippen LogP contribution in [0.4, 0.5) is 0 Å². The van der Waals surface area contributed by atoms with Crippen molar-refractivity contribution in [3.8, 4) is 0 Å². The minimum Gasteiger partial charge on any atom is -0.294 e. The lowest BCUT2D eigenvalue weighted by molar-refractivity contribution is -0.120. The maximum Gasteiger partial charge on any atom is 0.238 e. The SMILES string of the molecule is CCCSCc1ccccc1CC(=O)NN. The summed E-state index contributed by atoms with van der Waals surface area (Å²) in [5.74, 6) is 7.05. The highest BCUT2D eigenvalue weighted by atomic mass is 32.2. The van der Waals surface area contributed by atoms with E-state index in [1.807, 2.05) is 30.0 Å². The molecule has 0 bridgehead atoms. The van der Waals surface area contributed by atoms with E-state index in [0.717, 1.165) is 17.1 Å². The summed E-state index contributed by atoms with van der Waals surface area (Å²) >= 11 is 1.89. The Bertz CT molecular complexity index is 342. The Balaban J connectivity index is 2.63. The van der Waals surface area contributed by atoms with Gasteiger partial charge in [-0.1, -0.05) is 31.2 Å². The summed E-state index contributed by atoms with van der Waals surface area (Å²) in [5, 5.41) is 0. The minimum absolute atomic E-state index is 0.145. The van der Waals surface area contributed by atoms with E-state index >= 15 is 0 Å². The second kappa shape index (κ2) is 7.30. The van der Waals surface area contributed by atoms with Crippen LogP contribution in [0.15, 0.2) is 24.3 Å². The first-order chi connectivity index (χ1) is 7.77. The lowest BCUT2D eigenvalue weighted by Gasteiger charge is -2.08. The number of carbonyl (C=O) groups excluding carboxylic acids is 1. The second-order valence-electron chi connectivity index (χ2n) is 3.57. The average Bonchev–Trinajstić information content (AvgIpc) is 2.31. The highest BCUT2D eigenvalue weighted by Crippen LogP contribution is 2.17. The van der Waals surface area contributed by atoms with Crippen LogP contribution in [0.25, 0.3) is 0 Å². The third-order valence-corrected chi connectivity index (χ3v) is 3.45. The van der Waals surface area contributed by atoms with E-state index in [4.69, 9.17) is 5.84 Å². The summed E-state index contributed by atoms with van der Waals surface area (Å²) in [6.45, 7) is 2.17. The Morgan fingerprint density at radius 2 is 2.06 bits per heavy atom. The van der Waals surface area contributed by atoms with Crippen molar-refractivity contribution in [2.75, 3.05) is 5.75 Å². The van der Waals surface area contributed by atoms with Crippen molar-refractivity contribution < 1.29 is 4.79 Å². The van der Waals surface area contributed by atoms with Gasteiger partial charge in [0.15, 0.2) is 0 Å². The largest absolute Gasteiger partial charge is 0.294 e. The summed E-state index contributed by atoms with van der Waals surface area (Å²) in [4.78, 5) is 11.2. The lowest BCUT2D eigenvalue weighted by Crippen LogP contribution is -2.31. The highest BCUT2D eigenvalue weighted by molar-refractivity contribution is 7.98. The number of hydrogen-bond donors (Lipinski definition) is 2. The third-order valence-electron chi connectivity index (χ3n) is 2.24. The van der Waals surface area contributed by atoms with Crippen molar-refractivity contribution >= 4 is 17.7 Å². The molecule has 3 N–H and O–H groups in total. The predicted octanol–water partition coefficient (Wildman–Crippen LogP) is 1.86. The summed E-state index contributed by atoms with van der Waals surface area (Å²) in [7, 11) is 0. The Morgan fingerprint density at radius 3 is 2.69 bits per heavy atom. The van der Waals surface area contributed by atoms with Gasteiger partial charge in [-0.15, -0.1) is 0 Å². The molecule has 0 spiro atoms. The molecular formula is C12H18N2OS. The molecule has 0 aliphatic rings. The van der Waals surface area contributed by atoms with Crippen LogP contribution in [0.5, 0.6) is 0 Å². The Hall–Kier alpha value is -1.00. The number of nitrogens with two attached hydrogens (primary N) is 1. The maximum atomic E-state index is 11.2. The predicted molar refractivity (Wildman–Crippen MR) is 68.9 cm³/mol. The van der Waals surface area contributed by atoms with Crippen LogP contribution in [0.2, 0.25) is 0 Å². The van der Waals surface area contributed by atoms with Crippen LogP contribution in [0.1, 0.15) is 24.5 Å².